The van der Waals surface area contributed by atoms with Crippen molar-refractivity contribution in [2.45, 2.75) is 38.7 Å². The van der Waals surface area contributed by atoms with Gasteiger partial charge in [0.15, 0.2) is 0 Å². The van der Waals surface area contributed by atoms with E-state index in [1.54, 1.807) is 0 Å². The lowest BCUT2D eigenvalue weighted by molar-refractivity contribution is 0.168. The van der Waals surface area contributed by atoms with E-state index in [1.165, 1.54) is 16.7 Å². The fourth-order valence-corrected chi connectivity index (χ4v) is 2.51. The molecule has 2 heteroatoms. The highest BCUT2D eigenvalue weighted by atomic mass is 16.3. The van der Waals surface area contributed by atoms with Crippen molar-refractivity contribution >= 4 is 0 Å². The van der Waals surface area contributed by atoms with Gasteiger partial charge in [-0.05, 0) is 55.8 Å². The van der Waals surface area contributed by atoms with E-state index >= 15 is 0 Å². The second-order valence-electron chi connectivity index (χ2n) is 5.68. The molecule has 2 rings (SSSR count). The van der Waals surface area contributed by atoms with Gasteiger partial charge in [0, 0.05) is 0 Å². The molecule has 0 aromatic heterocycles. The predicted octanol–water partition coefficient (Wildman–Crippen LogP) is 3.55. The number of hydrogen-bond donors (Lipinski definition) is 2. The van der Waals surface area contributed by atoms with Crippen molar-refractivity contribution in [3.05, 3.63) is 70.8 Å². The van der Waals surface area contributed by atoms with Crippen LogP contribution in [0.2, 0.25) is 0 Å². The molecule has 0 saturated heterocycles. The molecule has 3 N–H and O–H groups in total. The van der Waals surface area contributed by atoms with Crippen molar-refractivity contribution < 1.29 is 5.11 Å². The van der Waals surface area contributed by atoms with Crippen LogP contribution in [0, 0.1) is 6.92 Å². The van der Waals surface area contributed by atoms with Crippen LogP contribution in [0.4, 0.5) is 0 Å². The van der Waals surface area contributed by atoms with Gasteiger partial charge in [0.2, 0.25) is 0 Å². The Morgan fingerprint density at radius 3 is 2.33 bits per heavy atom. The van der Waals surface area contributed by atoms with Crippen LogP contribution in [0.5, 0.6) is 0 Å². The van der Waals surface area contributed by atoms with Crippen molar-refractivity contribution in [1.82, 2.24) is 0 Å². The summed E-state index contributed by atoms with van der Waals surface area (Å²) in [6.07, 6.45) is 3.31. The molecular weight excluding hydrogens is 258 g/mol. The van der Waals surface area contributed by atoms with Gasteiger partial charge >= 0.3 is 0 Å². The highest BCUT2D eigenvalue weighted by Crippen LogP contribution is 2.20. The minimum Gasteiger partial charge on any atom is -0.388 e. The van der Waals surface area contributed by atoms with Crippen molar-refractivity contribution in [3.63, 3.8) is 0 Å². The standard InChI is InChI=1S/C19H25NO/c1-15-7-10-18(11-8-15)19(21)12-9-17-5-2-4-16(14-17)6-3-13-20/h2,4-5,7-8,10-11,14,19,21H,3,6,9,12-13,20H2,1H3/t19-/m1/s1. The zero-order valence-corrected chi connectivity index (χ0v) is 12.8. The molecule has 0 fully saturated rings. The zero-order valence-electron chi connectivity index (χ0n) is 12.8. The summed E-state index contributed by atoms with van der Waals surface area (Å²) in [5, 5.41) is 10.3. The Morgan fingerprint density at radius 2 is 1.67 bits per heavy atom. The van der Waals surface area contributed by atoms with E-state index in [9.17, 15) is 5.11 Å². The zero-order chi connectivity index (χ0) is 15.1. The summed E-state index contributed by atoms with van der Waals surface area (Å²) in [6, 6.07) is 16.7. The number of aliphatic hydroxyl groups is 1. The van der Waals surface area contributed by atoms with Gasteiger partial charge in [-0.3, -0.25) is 0 Å². The third-order valence-corrected chi connectivity index (χ3v) is 3.83. The lowest BCUT2D eigenvalue weighted by Gasteiger charge is -2.12. The van der Waals surface area contributed by atoms with Crippen LogP contribution < -0.4 is 5.73 Å². The Morgan fingerprint density at radius 1 is 1.00 bits per heavy atom. The third-order valence-electron chi connectivity index (χ3n) is 3.83. The topological polar surface area (TPSA) is 46.2 Å². The van der Waals surface area contributed by atoms with Gasteiger partial charge in [0.1, 0.15) is 0 Å². The van der Waals surface area contributed by atoms with Crippen molar-refractivity contribution in [2.75, 3.05) is 6.54 Å². The van der Waals surface area contributed by atoms with Crippen LogP contribution in [0.1, 0.15) is 41.2 Å². The number of aryl methyl sites for hydroxylation is 3. The van der Waals surface area contributed by atoms with Crippen molar-refractivity contribution in [3.8, 4) is 0 Å². The van der Waals surface area contributed by atoms with E-state index in [1.807, 2.05) is 24.3 Å². The largest absolute Gasteiger partial charge is 0.388 e. The molecule has 2 aromatic rings. The van der Waals surface area contributed by atoms with Gasteiger partial charge < -0.3 is 10.8 Å². The van der Waals surface area contributed by atoms with Gasteiger partial charge in [0.05, 0.1) is 6.10 Å². The first-order valence-electron chi connectivity index (χ1n) is 7.71. The molecular formula is C19H25NO. The minimum atomic E-state index is -0.390. The molecule has 0 heterocycles. The van der Waals surface area contributed by atoms with Crippen molar-refractivity contribution in [2.24, 2.45) is 5.73 Å². The molecule has 0 aliphatic heterocycles. The maximum Gasteiger partial charge on any atom is 0.0793 e. The summed E-state index contributed by atoms with van der Waals surface area (Å²) in [5.41, 5.74) is 10.4. The third kappa shape index (κ3) is 5.00. The second-order valence-corrected chi connectivity index (χ2v) is 5.68. The molecule has 2 aromatic carbocycles. The Kier molecular flexibility index (Phi) is 5.97. The summed E-state index contributed by atoms with van der Waals surface area (Å²) >= 11 is 0. The summed E-state index contributed by atoms with van der Waals surface area (Å²) < 4.78 is 0. The molecule has 21 heavy (non-hydrogen) atoms. The fraction of sp³-hybridized carbons (Fsp3) is 0.368. The van der Waals surface area contributed by atoms with E-state index in [0.717, 1.165) is 37.8 Å². The molecule has 2 nitrogen and oxygen atoms in total. The first kappa shape index (κ1) is 15.7. The normalized spacial score (nSPS) is 12.3. The quantitative estimate of drug-likeness (QED) is 0.816. The van der Waals surface area contributed by atoms with Gasteiger partial charge in [-0.25, -0.2) is 0 Å². The summed E-state index contributed by atoms with van der Waals surface area (Å²) in [5.74, 6) is 0. The average molecular weight is 283 g/mol. The maximum atomic E-state index is 10.3. The number of rotatable bonds is 7. The second kappa shape index (κ2) is 7.96. The van der Waals surface area contributed by atoms with Crippen LogP contribution >= 0.6 is 0 Å². The number of hydrogen-bond acceptors (Lipinski definition) is 2. The molecule has 0 aliphatic rings. The van der Waals surface area contributed by atoms with Crippen LogP contribution in [-0.4, -0.2) is 11.7 Å². The smallest absolute Gasteiger partial charge is 0.0793 e. The molecule has 0 amide bonds. The molecule has 0 radical (unpaired) electrons. The van der Waals surface area contributed by atoms with Crippen LogP contribution in [0.3, 0.4) is 0 Å². The lowest BCUT2D eigenvalue weighted by Crippen LogP contribution is -2.02. The molecule has 0 unspecified atom stereocenters. The van der Waals surface area contributed by atoms with E-state index in [4.69, 9.17) is 5.73 Å². The average Bonchev–Trinajstić information content (AvgIpc) is 2.52. The molecule has 1 atom stereocenters. The summed E-state index contributed by atoms with van der Waals surface area (Å²) in [6.45, 7) is 2.79. The Bertz CT molecular complexity index is 548. The van der Waals surface area contributed by atoms with Gasteiger partial charge in [0.25, 0.3) is 0 Å². The van der Waals surface area contributed by atoms with Gasteiger partial charge in [-0.2, -0.15) is 0 Å². The molecule has 0 bridgehead atoms. The number of aliphatic hydroxyl groups excluding tert-OH is 1. The predicted molar refractivity (Wildman–Crippen MR) is 88.3 cm³/mol. The van der Waals surface area contributed by atoms with E-state index in [-0.39, 0.29) is 0 Å². The minimum absolute atomic E-state index is 0.390. The molecule has 0 saturated carbocycles. The van der Waals surface area contributed by atoms with E-state index in [0.29, 0.717) is 0 Å². The Balaban J connectivity index is 1.91. The van der Waals surface area contributed by atoms with Crippen molar-refractivity contribution in [1.29, 1.82) is 0 Å². The maximum absolute atomic E-state index is 10.3. The first-order valence-corrected chi connectivity index (χ1v) is 7.71. The van der Waals surface area contributed by atoms with Crippen LogP contribution in [-0.2, 0) is 12.8 Å². The highest BCUT2D eigenvalue weighted by Gasteiger charge is 2.07. The molecule has 0 spiro atoms. The fourth-order valence-electron chi connectivity index (χ4n) is 2.51. The number of benzene rings is 2. The highest BCUT2D eigenvalue weighted by molar-refractivity contribution is 5.25. The summed E-state index contributed by atoms with van der Waals surface area (Å²) in [7, 11) is 0. The Labute approximate surface area is 127 Å². The lowest BCUT2D eigenvalue weighted by atomic mass is 9.98. The molecule has 112 valence electrons. The number of nitrogens with two attached hydrogens (primary N) is 1. The van der Waals surface area contributed by atoms with Gasteiger partial charge in [-0.15, -0.1) is 0 Å². The molecule has 0 aliphatic carbocycles. The van der Waals surface area contributed by atoms with E-state index in [2.05, 4.69) is 31.2 Å². The summed E-state index contributed by atoms with van der Waals surface area (Å²) in [4.78, 5) is 0. The van der Waals surface area contributed by atoms with E-state index < -0.39 is 6.10 Å². The van der Waals surface area contributed by atoms with Crippen LogP contribution in [0.25, 0.3) is 0 Å². The van der Waals surface area contributed by atoms with Crippen LogP contribution in [0.15, 0.2) is 48.5 Å². The monoisotopic (exact) mass is 283 g/mol. The van der Waals surface area contributed by atoms with Gasteiger partial charge in [-0.1, -0.05) is 54.1 Å². The first-order chi connectivity index (χ1) is 10.2. The SMILES string of the molecule is Cc1ccc([C@H](O)CCc2cccc(CCCN)c2)cc1. The Hall–Kier alpha value is -1.64.